The molecule has 1 saturated heterocycles. The minimum Gasteiger partial charge on any atom is -0.494 e. The number of nitrogens with zero attached hydrogens (tertiary/aromatic N) is 1. The van der Waals surface area contributed by atoms with Gasteiger partial charge in [0.25, 0.3) is 0 Å². The summed E-state index contributed by atoms with van der Waals surface area (Å²) in [7, 11) is 1.84. The summed E-state index contributed by atoms with van der Waals surface area (Å²) in [6.45, 7) is 6.06. The summed E-state index contributed by atoms with van der Waals surface area (Å²) in [4.78, 5) is 14.1. The first-order valence-electron chi connectivity index (χ1n) is 6.32. The van der Waals surface area contributed by atoms with Crippen molar-refractivity contribution in [2.75, 3.05) is 26.7 Å². The van der Waals surface area contributed by atoms with Crippen LogP contribution in [0.3, 0.4) is 0 Å². The van der Waals surface area contributed by atoms with Crippen molar-refractivity contribution in [3.05, 3.63) is 29.8 Å². The van der Waals surface area contributed by atoms with Crippen LogP contribution in [-0.2, 0) is 10.3 Å². The second kappa shape index (κ2) is 4.98. The van der Waals surface area contributed by atoms with Crippen LogP contribution in [0.4, 0.5) is 0 Å². The van der Waals surface area contributed by atoms with Crippen LogP contribution in [-0.4, -0.2) is 37.6 Å². The van der Waals surface area contributed by atoms with E-state index in [0.29, 0.717) is 6.61 Å². The predicted molar refractivity (Wildman–Crippen MR) is 70.6 cm³/mol. The van der Waals surface area contributed by atoms with Crippen molar-refractivity contribution in [3.63, 3.8) is 0 Å². The van der Waals surface area contributed by atoms with Crippen LogP contribution in [0, 0.1) is 0 Å². The van der Waals surface area contributed by atoms with Crippen molar-refractivity contribution < 1.29 is 9.53 Å². The van der Waals surface area contributed by atoms with Crippen molar-refractivity contribution in [3.8, 4) is 5.75 Å². The van der Waals surface area contributed by atoms with E-state index in [1.165, 1.54) is 0 Å². The second-order valence-corrected chi connectivity index (χ2v) is 4.74. The predicted octanol–water partition coefficient (Wildman–Crippen LogP) is 1.36. The minimum atomic E-state index is -0.653. The van der Waals surface area contributed by atoms with Gasteiger partial charge in [0.2, 0.25) is 5.91 Å². The Morgan fingerprint density at radius 3 is 3.00 bits per heavy atom. The molecule has 1 unspecified atom stereocenters. The zero-order chi connectivity index (χ0) is 13.2. The smallest absolute Gasteiger partial charge is 0.246 e. The molecule has 4 nitrogen and oxygen atoms in total. The molecule has 18 heavy (non-hydrogen) atoms. The van der Waals surface area contributed by atoms with Crippen molar-refractivity contribution in [1.29, 1.82) is 0 Å². The van der Waals surface area contributed by atoms with Crippen LogP contribution >= 0.6 is 0 Å². The second-order valence-electron chi connectivity index (χ2n) is 4.74. The number of carbonyl (C=O) groups excluding carboxylic acids is 1. The third-order valence-corrected chi connectivity index (χ3v) is 3.42. The fraction of sp³-hybridized carbons (Fsp3) is 0.500. The highest BCUT2D eigenvalue weighted by molar-refractivity contribution is 5.88. The number of amides is 1. The third kappa shape index (κ3) is 2.20. The third-order valence-electron chi connectivity index (χ3n) is 3.42. The van der Waals surface area contributed by atoms with Crippen LogP contribution in [0.2, 0.25) is 0 Å². The molecule has 0 aromatic heterocycles. The van der Waals surface area contributed by atoms with Gasteiger partial charge in [0.05, 0.1) is 6.61 Å². The lowest BCUT2D eigenvalue weighted by molar-refractivity contribution is -0.139. The minimum absolute atomic E-state index is 0.0994. The highest BCUT2D eigenvalue weighted by Gasteiger charge is 2.39. The zero-order valence-corrected chi connectivity index (χ0v) is 11.2. The van der Waals surface area contributed by atoms with Crippen LogP contribution in [0.5, 0.6) is 5.75 Å². The van der Waals surface area contributed by atoms with E-state index in [0.717, 1.165) is 24.4 Å². The van der Waals surface area contributed by atoms with Gasteiger partial charge in [0.1, 0.15) is 11.3 Å². The molecule has 1 aliphatic rings. The van der Waals surface area contributed by atoms with Crippen LogP contribution < -0.4 is 10.1 Å². The summed E-state index contributed by atoms with van der Waals surface area (Å²) < 4.78 is 5.49. The average Bonchev–Trinajstić information content (AvgIpc) is 2.37. The van der Waals surface area contributed by atoms with Crippen LogP contribution in [0.25, 0.3) is 0 Å². The Bertz CT molecular complexity index is 447. The molecule has 2 rings (SSSR count). The molecular weight excluding hydrogens is 228 g/mol. The molecule has 0 saturated carbocycles. The quantitative estimate of drug-likeness (QED) is 0.878. The Hall–Kier alpha value is -1.55. The monoisotopic (exact) mass is 248 g/mol. The van der Waals surface area contributed by atoms with E-state index < -0.39 is 5.54 Å². The molecule has 0 radical (unpaired) electrons. The average molecular weight is 248 g/mol. The van der Waals surface area contributed by atoms with Crippen LogP contribution in [0.1, 0.15) is 19.4 Å². The number of hydrogen-bond acceptors (Lipinski definition) is 3. The number of hydrogen-bond donors (Lipinski definition) is 1. The standard InChI is InChI=1S/C14H20N2O2/c1-4-18-12-7-5-6-11(10-12)14(2)13(17)16(3)9-8-15-14/h5-7,10,15H,4,8-9H2,1-3H3. The van der Waals surface area contributed by atoms with Crippen molar-refractivity contribution >= 4 is 5.91 Å². The van der Waals surface area contributed by atoms with Crippen molar-refractivity contribution in [1.82, 2.24) is 10.2 Å². The molecule has 1 aromatic rings. The van der Waals surface area contributed by atoms with Crippen molar-refractivity contribution in [2.45, 2.75) is 19.4 Å². The zero-order valence-electron chi connectivity index (χ0n) is 11.2. The molecule has 98 valence electrons. The maximum atomic E-state index is 12.3. The van der Waals surface area contributed by atoms with E-state index >= 15 is 0 Å². The summed E-state index contributed by atoms with van der Waals surface area (Å²) in [5, 5.41) is 3.31. The molecule has 1 N–H and O–H groups in total. The SMILES string of the molecule is CCOc1cccc(C2(C)NCCN(C)C2=O)c1. The fourth-order valence-corrected chi connectivity index (χ4v) is 2.32. The first kappa shape index (κ1) is 12.9. The summed E-state index contributed by atoms with van der Waals surface area (Å²) in [5.74, 6) is 0.904. The molecule has 1 amide bonds. The lowest BCUT2D eigenvalue weighted by Gasteiger charge is -2.39. The van der Waals surface area contributed by atoms with Gasteiger partial charge in [0, 0.05) is 20.1 Å². The Labute approximate surface area is 108 Å². The lowest BCUT2D eigenvalue weighted by Crippen LogP contribution is -2.59. The lowest BCUT2D eigenvalue weighted by atomic mass is 9.88. The molecule has 1 fully saturated rings. The maximum absolute atomic E-state index is 12.3. The summed E-state index contributed by atoms with van der Waals surface area (Å²) in [5.41, 5.74) is 0.296. The Morgan fingerprint density at radius 2 is 2.28 bits per heavy atom. The Kier molecular flexibility index (Phi) is 3.57. The Morgan fingerprint density at radius 1 is 1.50 bits per heavy atom. The molecule has 1 heterocycles. The van der Waals surface area contributed by atoms with Crippen LogP contribution in [0.15, 0.2) is 24.3 Å². The van der Waals surface area contributed by atoms with E-state index in [-0.39, 0.29) is 5.91 Å². The number of likely N-dealkylation sites (N-methyl/N-ethyl adjacent to an activating group) is 1. The summed E-state index contributed by atoms with van der Waals surface area (Å²) in [6, 6.07) is 7.74. The molecule has 4 heteroatoms. The van der Waals surface area contributed by atoms with Gasteiger partial charge in [-0.3, -0.25) is 10.1 Å². The molecule has 1 aromatic carbocycles. The van der Waals surface area contributed by atoms with E-state index in [2.05, 4.69) is 5.32 Å². The van der Waals surface area contributed by atoms with Gasteiger partial charge in [-0.1, -0.05) is 12.1 Å². The number of nitrogens with one attached hydrogen (secondary N) is 1. The summed E-state index contributed by atoms with van der Waals surface area (Å²) in [6.07, 6.45) is 0. The maximum Gasteiger partial charge on any atom is 0.246 e. The van der Waals surface area contributed by atoms with Gasteiger partial charge in [-0.2, -0.15) is 0 Å². The number of carbonyl (C=O) groups is 1. The Balaban J connectivity index is 2.33. The highest BCUT2D eigenvalue weighted by atomic mass is 16.5. The fourth-order valence-electron chi connectivity index (χ4n) is 2.32. The van der Waals surface area contributed by atoms with Gasteiger partial charge in [-0.15, -0.1) is 0 Å². The topological polar surface area (TPSA) is 41.6 Å². The highest BCUT2D eigenvalue weighted by Crippen LogP contribution is 2.28. The van der Waals surface area contributed by atoms with Gasteiger partial charge < -0.3 is 9.64 Å². The molecule has 0 spiro atoms. The number of benzene rings is 1. The summed E-state index contributed by atoms with van der Waals surface area (Å²) >= 11 is 0. The first-order chi connectivity index (χ1) is 8.58. The van der Waals surface area contributed by atoms with E-state index in [9.17, 15) is 4.79 Å². The van der Waals surface area contributed by atoms with E-state index in [1.54, 1.807) is 4.90 Å². The number of piperazine rings is 1. The van der Waals surface area contributed by atoms with Gasteiger partial charge in [0.15, 0.2) is 0 Å². The van der Waals surface area contributed by atoms with Gasteiger partial charge in [-0.25, -0.2) is 0 Å². The van der Waals surface area contributed by atoms with Gasteiger partial charge in [-0.05, 0) is 31.5 Å². The van der Waals surface area contributed by atoms with Crippen molar-refractivity contribution in [2.24, 2.45) is 0 Å². The van der Waals surface area contributed by atoms with E-state index in [1.807, 2.05) is 45.2 Å². The molecule has 1 atom stereocenters. The molecule has 0 bridgehead atoms. The van der Waals surface area contributed by atoms with E-state index in [4.69, 9.17) is 4.74 Å². The number of ether oxygens (including phenoxy) is 1. The van der Waals surface area contributed by atoms with Gasteiger partial charge >= 0.3 is 0 Å². The normalized spacial score (nSPS) is 24.2. The largest absolute Gasteiger partial charge is 0.494 e. The molecule has 0 aliphatic carbocycles. The molecule has 1 aliphatic heterocycles. The number of rotatable bonds is 3. The molecular formula is C14H20N2O2. The first-order valence-corrected chi connectivity index (χ1v) is 6.32.